The molecule has 5 nitrogen and oxygen atoms in total. The molecule has 0 bridgehead atoms. The molecule has 0 atom stereocenters. The molecule has 0 aliphatic heterocycles. The number of halogens is 1. The SMILES string of the molecule is Cc1ccc(C(=O)OCc2cccc(F)c2)cc1NC(=O)c1ccco1. The van der Waals surface area contributed by atoms with Crippen molar-refractivity contribution in [2.75, 3.05) is 5.32 Å². The van der Waals surface area contributed by atoms with Crippen LogP contribution >= 0.6 is 0 Å². The summed E-state index contributed by atoms with van der Waals surface area (Å²) in [6.07, 6.45) is 1.40. The molecule has 0 aliphatic rings. The fraction of sp³-hybridized carbons (Fsp3) is 0.100. The van der Waals surface area contributed by atoms with Crippen molar-refractivity contribution in [1.82, 2.24) is 0 Å². The molecular formula is C20H16FNO4. The lowest BCUT2D eigenvalue weighted by Gasteiger charge is -2.10. The molecule has 1 amide bonds. The van der Waals surface area contributed by atoms with Gasteiger partial charge in [-0.25, -0.2) is 9.18 Å². The number of nitrogens with one attached hydrogen (secondary N) is 1. The van der Waals surface area contributed by atoms with E-state index in [1.165, 1.54) is 24.5 Å². The van der Waals surface area contributed by atoms with Gasteiger partial charge in [0.1, 0.15) is 12.4 Å². The second-order valence-corrected chi connectivity index (χ2v) is 5.67. The van der Waals surface area contributed by atoms with Crippen LogP contribution in [0.4, 0.5) is 10.1 Å². The molecule has 0 spiro atoms. The van der Waals surface area contributed by atoms with Gasteiger partial charge < -0.3 is 14.5 Å². The minimum Gasteiger partial charge on any atom is -0.459 e. The number of furan rings is 1. The molecule has 1 aromatic heterocycles. The van der Waals surface area contributed by atoms with Gasteiger partial charge in [-0.2, -0.15) is 0 Å². The number of rotatable bonds is 5. The first-order chi connectivity index (χ1) is 12.5. The summed E-state index contributed by atoms with van der Waals surface area (Å²) in [5.74, 6) is -1.20. The number of esters is 1. The molecule has 1 heterocycles. The third-order valence-corrected chi connectivity index (χ3v) is 3.73. The Bertz CT molecular complexity index is 935. The van der Waals surface area contributed by atoms with E-state index in [1.807, 2.05) is 0 Å². The highest BCUT2D eigenvalue weighted by Gasteiger charge is 2.14. The van der Waals surface area contributed by atoms with E-state index in [9.17, 15) is 14.0 Å². The minimum atomic E-state index is -0.567. The van der Waals surface area contributed by atoms with E-state index >= 15 is 0 Å². The normalized spacial score (nSPS) is 10.4. The van der Waals surface area contributed by atoms with Crippen molar-refractivity contribution in [3.63, 3.8) is 0 Å². The number of carbonyl (C=O) groups excluding carboxylic acids is 2. The number of ether oxygens (including phenoxy) is 1. The smallest absolute Gasteiger partial charge is 0.338 e. The van der Waals surface area contributed by atoms with E-state index in [4.69, 9.17) is 9.15 Å². The van der Waals surface area contributed by atoms with E-state index in [1.54, 1.807) is 43.3 Å². The van der Waals surface area contributed by atoms with E-state index < -0.39 is 17.7 Å². The van der Waals surface area contributed by atoms with Crippen LogP contribution in [0, 0.1) is 12.7 Å². The van der Waals surface area contributed by atoms with Crippen molar-refractivity contribution in [1.29, 1.82) is 0 Å². The maximum absolute atomic E-state index is 13.2. The Hall–Kier alpha value is -3.41. The summed E-state index contributed by atoms with van der Waals surface area (Å²) < 4.78 is 23.4. The molecule has 2 aromatic carbocycles. The standard InChI is InChI=1S/C20H16FNO4/c1-13-7-8-15(11-17(13)22-19(23)18-6-3-9-25-18)20(24)26-12-14-4-2-5-16(21)10-14/h2-11H,12H2,1H3,(H,22,23). The lowest BCUT2D eigenvalue weighted by Crippen LogP contribution is -2.13. The van der Waals surface area contributed by atoms with Gasteiger partial charge in [0.15, 0.2) is 5.76 Å². The summed E-state index contributed by atoms with van der Waals surface area (Å²) in [5.41, 5.74) is 2.09. The van der Waals surface area contributed by atoms with Crippen LogP contribution in [0.5, 0.6) is 0 Å². The second kappa shape index (κ2) is 7.65. The first-order valence-electron chi connectivity index (χ1n) is 7.90. The molecule has 0 unspecified atom stereocenters. The van der Waals surface area contributed by atoms with Crippen LogP contribution in [-0.4, -0.2) is 11.9 Å². The van der Waals surface area contributed by atoms with E-state index in [0.717, 1.165) is 5.56 Å². The van der Waals surface area contributed by atoms with Gasteiger partial charge in [0, 0.05) is 5.69 Å². The molecule has 0 fully saturated rings. The maximum Gasteiger partial charge on any atom is 0.338 e. The third kappa shape index (κ3) is 4.16. The molecule has 1 N–H and O–H groups in total. The van der Waals surface area contributed by atoms with Crippen LogP contribution in [-0.2, 0) is 11.3 Å². The van der Waals surface area contributed by atoms with E-state index in [2.05, 4.69) is 5.32 Å². The Morgan fingerprint density at radius 2 is 1.96 bits per heavy atom. The predicted molar refractivity (Wildman–Crippen MR) is 93.4 cm³/mol. The molecule has 3 rings (SSSR count). The molecule has 3 aromatic rings. The van der Waals surface area contributed by atoms with E-state index in [0.29, 0.717) is 11.3 Å². The zero-order valence-electron chi connectivity index (χ0n) is 14.0. The van der Waals surface area contributed by atoms with Gasteiger partial charge >= 0.3 is 5.97 Å². The van der Waals surface area contributed by atoms with Crippen molar-refractivity contribution < 1.29 is 23.1 Å². The van der Waals surface area contributed by atoms with Crippen molar-refractivity contribution in [3.05, 3.63) is 89.1 Å². The first-order valence-corrected chi connectivity index (χ1v) is 7.90. The number of aryl methyl sites for hydroxylation is 1. The number of hydrogen-bond donors (Lipinski definition) is 1. The Kier molecular flexibility index (Phi) is 5.12. The molecule has 0 aliphatic carbocycles. The van der Waals surface area contributed by atoms with Gasteiger partial charge in [0.25, 0.3) is 5.91 Å². The summed E-state index contributed by atoms with van der Waals surface area (Å²) in [4.78, 5) is 24.3. The number of carbonyl (C=O) groups is 2. The Balaban J connectivity index is 1.70. The monoisotopic (exact) mass is 353 g/mol. The van der Waals surface area contributed by atoms with Gasteiger partial charge in [-0.15, -0.1) is 0 Å². The predicted octanol–water partition coefficient (Wildman–Crippen LogP) is 4.34. The van der Waals surface area contributed by atoms with Crippen LogP contribution in [0.15, 0.2) is 65.3 Å². The topological polar surface area (TPSA) is 68.5 Å². The quantitative estimate of drug-likeness (QED) is 0.693. The molecule has 26 heavy (non-hydrogen) atoms. The lowest BCUT2D eigenvalue weighted by atomic mass is 10.1. The van der Waals surface area contributed by atoms with Gasteiger partial charge in [-0.05, 0) is 54.4 Å². The Labute approximate surface area is 149 Å². The maximum atomic E-state index is 13.2. The van der Waals surface area contributed by atoms with Crippen molar-refractivity contribution in [2.24, 2.45) is 0 Å². The van der Waals surface area contributed by atoms with E-state index in [-0.39, 0.29) is 17.9 Å². The van der Waals surface area contributed by atoms with Crippen LogP contribution < -0.4 is 5.32 Å². The summed E-state index contributed by atoms with van der Waals surface area (Å²) in [6.45, 7) is 1.76. The van der Waals surface area contributed by atoms with Gasteiger partial charge in [0.05, 0.1) is 11.8 Å². The van der Waals surface area contributed by atoms with Crippen molar-refractivity contribution >= 4 is 17.6 Å². The van der Waals surface area contributed by atoms with Crippen LogP contribution in [0.1, 0.15) is 32.0 Å². The molecule has 0 radical (unpaired) electrons. The minimum absolute atomic E-state index is 0.0431. The Morgan fingerprint density at radius 3 is 2.69 bits per heavy atom. The van der Waals surface area contributed by atoms with Gasteiger partial charge in [-0.3, -0.25) is 4.79 Å². The average molecular weight is 353 g/mol. The largest absolute Gasteiger partial charge is 0.459 e. The second-order valence-electron chi connectivity index (χ2n) is 5.67. The first kappa shape index (κ1) is 17.4. The fourth-order valence-corrected chi connectivity index (χ4v) is 2.33. The number of benzene rings is 2. The third-order valence-electron chi connectivity index (χ3n) is 3.73. The number of hydrogen-bond acceptors (Lipinski definition) is 4. The highest BCUT2D eigenvalue weighted by molar-refractivity contribution is 6.03. The average Bonchev–Trinajstić information content (AvgIpc) is 3.16. The molecular weight excluding hydrogens is 337 g/mol. The van der Waals surface area contributed by atoms with Gasteiger partial charge in [-0.1, -0.05) is 18.2 Å². The summed E-state index contributed by atoms with van der Waals surface area (Å²) in [6, 6.07) is 13.8. The fourth-order valence-electron chi connectivity index (χ4n) is 2.33. The summed E-state index contributed by atoms with van der Waals surface area (Å²) in [7, 11) is 0. The molecule has 132 valence electrons. The highest BCUT2D eigenvalue weighted by atomic mass is 19.1. The van der Waals surface area contributed by atoms with Crippen LogP contribution in [0.25, 0.3) is 0 Å². The number of anilines is 1. The zero-order chi connectivity index (χ0) is 18.5. The molecule has 6 heteroatoms. The van der Waals surface area contributed by atoms with Crippen molar-refractivity contribution in [2.45, 2.75) is 13.5 Å². The number of amides is 1. The summed E-state index contributed by atoms with van der Waals surface area (Å²) >= 11 is 0. The van der Waals surface area contributed by atoms with Crippen molar-refractivity contribution in [3.8, 4) is 0 Å². The molecule has 0 saturated heterocycles. The zero-order valence-corrected chi connectivity index (χ0v) is 14.0. The molecule has 0 saturated carbocycles. The highest BCUT2D eigenvalue weighted by Crippen LogP contribution is 2.19. The van der Waals surface area contributed by atoms with Gasteiger partial charge in [0.2, 0.25) is 0 Å². The lowest BCUT2D eigenvalue weighted by molar-refractivity contribution is 0.0472. The van der Waals surface area contributed by atoms with Crippen LogP contribution in [0.2, 0.25) is 0 Å². The Morgan fingerprint density at radius 1 is 1.12 bits per heavy atom. The summed E-state index contributed by atoms with van der Waals surface area (Å²) in [5, 5.41) is 2.70. The van der Waals surface area contributed by atoms with Crippen LogP contribution in [0.3, 0.4) is 0 Å².